The number of hydrogen-bond donors (Lipinski definition) is 0. The van der Waals surface area contributed by atoms with E-state index in [0.29, 0.717) is 5.41 Å². The van der Waals surface area contributed by atoms with Crippen LogP contribution in [-0.2, 0) is 0 Å². The van der Waals surface area contributed by atoms with Gasteiger partial charge in [0.25, 0.3) is 0 Å². The molecule has 0 N–H and O–H groups in total. The Bertz CT molecular complexity index is 253. The first-order valence-corrected chi connectivity index (χ1v) is 5.81. The molecule has 0 heteroatoms. The fraction of sp³-hybridized carbons (Fsp3) is 0.714. The van der Waals surface area contributed by atoms with Gasteiger partial charge in [0.15, 0.2) is 0 Å². The molecule has 0 saturated heterocycles. The summed E-state index contributed by atoms with van der Waals surface area (Å²) in [6.45, 7) is 11.5. The van der Waals surface area contributed by atoms with Gasteiger partial charge in [0.05, 0.1) is 0 Å². The lowest BCUT2D eigenvalue weighted by molar-refractivity contribution is 0.294. The Morgan fingerprint density at radius 2 is 2.21 bits per heavy atom. The van der Waals surface area contributed by atoms with Gasteiger partial charge in [-0.15, -0.1) is 0 Å². The van der Waals surface area contributed by atoms with E-state index >= 15 is 0 Å². The van der Waals surface area contributed by atoms with Crippen LogP contribution >= 0.6 is 0 Å². The van der Waals surface area contributed by atoms with E-state index in [4.69, 9.17) is 0 Å². The summed E-state index contributed by atoms with van der Waals surface area (Å²) in [6, 6.07) is 0. The molecule has 0 aliphatic heterocycles. The first kappa shape index (κ1) is 11.6. The van der Waals surface area contributed by atoms with Crippen molar-refractivity contribution in [1.29, 1.82) is 0 Å². The van der Waals surface area contributed by atoms with Crippen LogP contribution in [0.15, 0.2) is 23.3 Å². The summed E-state index contributed by atoms with van der Waals surface area (Å²) >= 11 is 0. The Hall–Kier alpha value is -0.520. The Kier molecular flexibility index (Phi) is 3.58. The monoisotopic (exact) mass is 192 g/mol. The Labute approximate surface area is 89.1 Å². The normalized spacial score (nSPS) is 26.5. The minimum Gasteiger partial charge on any atom is -0.0853 e. The van der Waals surface area contributed by atoms with Crippen LogP contribution in [0.4, 0.5) is 0 Å². The van der Waals surface area contributed by atoms with Crippen LogP contribution in [0.25, 0.3) is 0 Å². The third-order valence-corrected chi connectivity index (χ3v) is 4.05. The molecule has 1 rings (SSSR count). The molecule has 0 aromatic rings. The van der Waals surface area contributed by atoms with E-state index in [0.717, 1.165) is 5.92 Å². The van der Waals surface area contributed by atoms with Crippen LogP contribution in [0.2, 0.25) is 0 Å². The zero-order valence-electron chi connectivity index (χ0n) is 10.4. The molecule has 14 heavy (non-hydrogen) atoms. The molecule has 0 heterocycles. The van der Waals surface area contributed by atoms with Crippen molar-refractivity contribution in [2.45, 2.75) is 53.9 Å². The molecular formula is C14H24. The van der Waals surface area contributed by atoms with Gasteiger partial charge in [0.2, 0.25) is 0 Å². The Morgan fingerprint density at radius 3 is 2.64 bits per heavy atom. The lowest BCUT2D eigenvalue weighted by atomic mass is 9.76. The maximum atomic E-state index is 2.43. The Balaban J connectivity index is 2.58. The fourth-order valence-electron chi connectivity index (χ4n) is 2.08. The van der Waals surface area contributed by atoms with E-state index < -0.39 is 0 Å². The van der Waals surface area contributed by atoms with E-state index in [1.807, 2.05) is 0 Å². The summed E-state index contributed by atoms with van der Waals surface area (Å²) in [5.74, 6) is 0.823. The van der Waals surface area contributed by atoms with Crippen LogP contribution in [0, 0.1) is 11.3 Å². The predicted octanol–water partition coefficient (Wildman–Crippen LogP) is 4.73. The van der Waals surface area contributed by atoms with Crippen molar-refractivity contribution in [3.05, 3.63) is 23.3 Å². The third kappa shape index (κ3) is 2.29. The smallest absolute Gasteiger partial charge is 0.0113 e. The van der Waals surface area contributed by atoms with Crippen molar-refractivity contribution in [2.75, 3.05) is 0 Å². The number of rotatable bonds is 3. The summed E-state index contributed by atoms with van der Waals surface area (Å²) in [4.78, 5) is 0. The molecule has 1 atom stereocenters. The van der Waals surface area contributed by atoms with Crippen LogP contribution < -0.4 is 0 Å². The van der Waals surface area contributed by atoms with Gasteiger partial charge < -0.3 is 0 Å². The minimum atomic E-state index is 0.421. The molecular weight excluding hydrogens is 168 g/mol. The number of allylic oxidation sites excluding steroid dienone is 4. The second-order valence-corrected chi connectivity index (χ2v) is 5.18. The lowest BCUT2D eigenvalue weighted by Crippen LogP contribution is -2.19. The van der Waals surface area contributed by atoms with Crippen molar-refractivity contribution in [2.24, 2.45) is 11.3 Å². The van der Waals surface area contributed by atoms with Crippen LogP contribution in [0.1, 0.15) is 53.9 Å². The average Bonchev–Trinajstić information content (AvgIpc) is 2.39. The molecule has 80 valence electrons. The van der Waals surface area contributed by atoms with Gasteiger partial charge in [-0.05, 0) is 44.4 Å². The van der Waals surface area contributed by atoms with Crippen LogP contribution in [0.5, 0.6) is 0 Å². The van der Waals surface area contributed by atoms with Gasteiger partial charge in [0.1, 0.15) is 0 Å². The summed E-state index contributed by atoms with van der Waals surface area (Å²) in [6.07, 6.45) is 8.56. The quantitative estimate of drug-likeness (QED) is 0.567. The molecule has 0 saturated carbocycles. The van der Waals surface area contributed by atoms with Crippen LogP contribution in [-0.4, -0.2) is 0 Å². The molecule has 0 spiro atoms. The second-order valence-electron chi connectivity index (χ2n) is 5.18. The van der Waals surface area contributed by atoms with Crippen molar-refractivity contribution < 1.29 is 0 Å². The molecule has 1 unspecified atom stereocenters. The fourth-order valence-corrected chi connectivity index (χ4v) is 2.08. The SMILES string of the molecule is CC/C(C)=C/CC1CC=C(C)C1(C)C. The maximum absolute atomic E-state index is 2.43. The largest absolute Gasteiger partial charge is 0.0853 e. The van der Waals surface area contributed by atoms with Crippen LogP contribution in [0.3, 0.4) is 0 Å². The molecule has 0 bridgehead atoms. The van der Waals surface area contributed by atoms with E-state index in [2.05, 4.69) is 46.8 Å². The van der Waals surface area contributed by atoms with Gasteiger partial charge in [-0.3, -0.25) is 0 Å². The highest BCUT2D eigenvalue weighted by atomic mass is 14.4. The highest BCUT2D eigenvalue weighted by Gasteiger charge is 2.33. The van der Waals surface area contributed by atoms with Crippen molar-refractivity contribution >= 4 is 0 Å². The molecule has 0 nitrogen and oxygen atoms in total. The molecule has 1 aliphatic carbocycles. The molecule has 0 radical (unpaired) electrons. The van der Waals surface area contributed by atoms with E-state index in [-0.39, 0.29) is 0 Å². The summed E-state index contributed by atoms with van der Waals surface area (Å²) in [5, 5.41) is 0. The maximum Gasteiger partial charge on any atom is -0.0113 e. The van der Waals surface area contributed by atoms with Gasteiger partial charge in [-0.1, -0.05) is 44.1 Å². The third-order valence-electron chi connectivity index (χ3n) is 4.05. The number of hydrogen-bond acceptors (Lipinski definition) is 0. The predicted molar refractivity (Wildman–Crippen MR) is 64.3 cm³/mol. The van der Waals surface area contributed by atoms with E-state index in [1.165, 1.54) is 24.8 Å². The zero-order chi connectivity index (χ0) is 10.8. The first-order valence-electron chi connectivity index (χ1n) is 5.81. The van der Waals surface area contributed by atoms with Gasteiger partial charge in [-0.25, -0.2) is 0 Å². The van der Waals surface area contributed by atoms with Gasteiger partial charge in [0, 0.05) is 0 Å². The second kappa shape index (κ2) is 4.33. The summed E-state index contributed by atoms with van der Waals surface area (Å²) in [7, 11) is 0. The van der Waals surface area contributed by atoms with E-state index in [1.54, 1.807) is 5.57 Å². The van der Waals surface area contributed by atoms with E-state index in [9.17, 15) is 0 Å². The van der Waals surface area contributed by atoms with Gasteiger partial charge >= 0.3 is 0 Å². The average molecular weight is 192 g/mol. The topological polar surface area (TPSA) is 0 Å². The summed E-state index contributed by atoms with van der Waals surface area (Å²) in [5.41, 5.74) is 3.53. The molecule has 0 aromatic heterocycles. The molecule has 0 aromatic carbocycles. The summed E-state index contributed by atoms with van der Waals surface area (Å²) < 4.78 is 0. The van der Waals surface area contributed by atoms with Crippen molar-refractivity contribution in [3.63, 3.8) is 0 Å². The highest BCUT2D eigenvalue weighted by Crippen LogP contribution is 2.44. The molecule has 1 aliphatic rings. The first-order chi connectivity index (χ1) is 6.48. The van der Waals surface area contributed by atoms with Gasteiger partial charge in [-0.2, -0.15) is 0 Å². The molecule has 0 fully saturated rings. The zero-order valence-corrected chi connectivity index (χ0v) is 10.4. The minimum absolute atomic E-state index is 0.421. The lowest BCUT2D eigenvalue weighted by Gasteiger charge is -2.29. The highest BCUT2D eigenvalue weighted by molar-refractivity contribution is 5.19. The Morgan fingerprint density at radius 1 is 1.57 bits per heavy atom. The standard InChI is InChI=1S/C14H24/c1-6-11(2)7-9-13-10-8-12(3)14(13,4)5/h7-8,13H,6,9-10H2,1-5H3/b11-7+. The molecule has 0 amide bonds. The van der Waals surface area contributed by atoms with Crippen molar-refractivity contribution in [3.8, 4) is 0 Å². The van der Waals surface area contributed by atoms with Crippen molar-refractivity contribution in [1.82, 2.24) is 0 Å².